The summed E-state index contributed by atoms with van der Waals surface area (Å²) < 4.78 is 0. The number of hydrogen-bond acceptors (Lipinski definition) is 4. The van der Waals surface area contributed by atoms with Gasteiger partial charge in [0.15, 0.2) is 0 Å². The fraction of sp³-hybridized carbons (Fsp3) is 0.778. The highest BCUT2D eigenvalue weighted by Gasteiger charge is 2.29. The van der Waals surface area contributed by atoms with Crippen molar-refractivity contribution in [1.82, 2.24) is 10.3 Å². The van der Waals surface area contributed by atoms with E-state index in [2.05, 4.69) is 10.3 Å². The van der Waals surface area contributed by atoms with Crippen LogP contribution in [0.5, 0.6) is 0 Å². The number of rotatable bonds is 4. The largest absolute Gasteiger partial charge is 0.369 e. The predicted molar refractivity (Wildman–Crippen MR) is 55.3 cm³/mol. The molecule has 2 atom stereocenters. The van der Waals surface area contributed by atoms with Crippen molar-refractivity contribution in [3.05, 3.63) is 0 Å². The lowest BCUT2D eigenvalue weighted by Crippen LogP contribution is -2.39. The first-order chi connectivity index (χ1) is 7.04. The summed E-state index contributed by atoms with van der Waals surface area (Å²) in [4.78, 5) is 24.1. The van der Waals surface area contributed by atoms with Gasteiger partial charge in [0, 0.05) is 19.0 Å². The van der Waals surface area contributed by atoms with Gasteiger partial charge in [-0.2, -0.15) is 0 Å². The normalized spacial score (nSPS) is 23.7. The fourth-order valence-corrected chi connectivity index (χ4v) is 1.88. The Labute approximate surface area is 88.9 Å². The Morgan fingerprint density at radius 2 is 2.27 bits per heavy atom. The number of carbonyl (C=O) groups excluding carboxylic acids is 2. The number of hydrazine groups is 1. The van der Waals surface area contributed by atoms with Crippen LogP contribution in [-0.2, 0) is 9.59 Å². The molecule has 0 radical (unpaired) electrons. The van der Waals surface area contributed by atoms with E-state index in [1.165, 1.54) is 0 Å². The summed E-state index contributed by atoms with van der Waals surface area (Å²) in [6.07, 6.45) is 1.13. The number of nitrogens with two attached hydrogens (primary N) is 2. The lowest BCUT2D eigenvalue weighted by molar-refractivity contribution is -0.122. The van der Waals surface area contributed by atoms with Gasteiger partial charge in [0.25, 0.3) is 0 Å². The molecule has 1 heterocycles. The third-order valence-corrected chi connectivity index (χ3v) is 2.89. The SMILES string of the molecule is CC(CC(=O)NN)N1CCC(C(N)=O)C1. The first-order valence-corrected chi connectivity index (χ1v) is 5.07. The molecule has 1 saturated heterocycles. The lowest BCUT2D eigenvalue weighted by Gasteiger charge is -2.23. The molecular weight excluding hydrogens is 196 g/mol. The van der Waals surface area contributed by atoms with E-state index >= 15 is 0 Å². The fourth-order valence-electron chi connectivity index (χ4n) is 1.88. The monoisotopic (exact) mass is 214 g/mol. The molecule has 1 aliphatic heterocycles. The first kappa shape index (κ1) is 11.9. The van der Waals surface area contributed by atoms with Crippen molar-refractivity contribution in [3.8, 4) is 0 Å². The van der Waals surface area contributed by atoms with E-state index in [1.807, 2.05) is 6.92 Å². The molecule has 2 amide bonds. The molecule has 0 saturated carbocycles. The third kappa shape index (κ3) is 3.17. The summed E-state index contributed by atoms with van der Waals surface area (Å²) in [7, 11) is 0. The van der Waals surface area contributed by atoms with Crippen LogP contribution in [0, 0.1) is 5.92 Å². The van der Waals surface area contributed by atoms with E-state index in [-0.39, 0.29) is 23.8 Å². The molecule has 5 N–H and O–H groups in total. The van der Waals surface area contributed by atoms with Gasteiger partial charge in [0.1, 0.15) is 0 Å². The van der Waals surface area contributed by atoms with Gasteiger partial charge in [-0.05, 0) is 19.9 Å². The van der Waals surface area contributed by atoms with E-state index in [1.54, 1.807) is 0 Å². The molecule has 86 valence electrons. The van der Waals surface area contributed by atoms with Crippen LogP contribution in [0.3, 0.4) is 0 Å². The number of amides is 2. The Hall–Kier alpha value is -1.14. The van der Waals surface area contributed by atoms with Gasteiger partial charge in [-0.3, -0.25) is 19.9 Å². The molecule has 0 aromatic heterocycles. The molecule has 1 aliphatic rings. The van der Waals surface area contributed by atoms with Crippen LogP contribution < -0.4 is 17.0 Å². The van der Waals surface area contributed by atoms with Gasteiger partial charge in [0.2, 0.25) is 11.8 Å². The maximum absolute atomic E-state index is 11.0. The standard InChI is InChI=1S/C9H18N4O2/c1-6(4-8(14)12-11)13-3-2-7(5-13)9(10)15/h6-7H,2-5,11H2,1H3,(H2,10,15)(H,12,14). The molecule has 0 aromatic carbocycles. The average Bonchev–Trinajstić information content (AvgIpc) is 2.66. The first-order valence-electron chi connectivity index (χ1n) is 5.07. The third-order valence-electron chi connectivity index (χ3n) is 2.89. The minimum Gasteiger partial charge on any atom is -0.369 e. The van der Waals surface area contributed by atoms with Crippen LogP contribution in [0.4, 0.5) is 0 Å². The summed E-state index contributed by atoms with van der Waals surface area (Å²) in [6.45, 7) is 3.40. The molecule has 6 nitrogen and oxygen atoms in total. The zero-order chi connectivity index (χ0) is 11.4. The van der Waals surface area contributed by atoms with Crippen molar-refractivity contribution in [2.24, 2.45) is 17.5 Å². The summed E-state index contributed by atoms with van der Waals surface area (Å²) in [5.74, 6) is 4.48. The van der Waals surface area contributed by atoms with Crippen LogP contribution in [0.2, 0.25) is 0 Å². The Morgan fingerprint density at radius 3 is 2.73 bits per heavy atom. The summed E-state index contributed by atoms with van der Waals surface area (Å²) in [6, 6.07) is 0.0953. The van der Waals surface area contributed by atoms with Crippen molar-refractivity contribution >= 4 is 11.8 Å². The highest BCUT2D eigenvalue weighted by molar-refractivity contribution is 5.77. The molecule has 0 aliphatic carbocycles. The van der Waals surface area contributed by atoms with Crippen LogP contribution in [0.15, 0.2) is 0 Å². The van der Waals surface area contributed by atoms with Crippen molar-refractivity contribution in [2.75, 3.05) is 13.1 Å². The van der Waals surface area contributed by atoms with Crippen LogP contribution >= 0.6 is 0 Å². The molecule has 0 aromatic rings. The molecule has 1 rings (SSSR count). The summed E-state index contributed by atoms with van der Waals surface area (Å²) >= 11 is 0. The van der Waals surface area contributed by atoms with Gasteiger partial charge in [-0.25, -0.2) is 5.84 Å². The van der Waals surface area contributed by atoms with Gasteiger partial charge in [0.05, 0.1) is 5.92 Å². The van der Waals surface area contributed by atoms with Crippen LogP contribution in [-0.4, -0.2) is 35.8 Å². The minimum absolute atomic E-state index is 0.0756. The van der Waals surface area contributed by atoms with Gasteiger partial charge >= 0.3 is 0 Å². The Balaban J connectivity index is 2.39. The average molecular weight is 214 g/mol. The van der Waals surface area contributed by atoms with E-state index < -0.39 is 0 Å². The van der Waals surface area contributed by atoms with Gasteiger partial charge in [-0.1, -0.05) is 0 Å². The Morgan fingerprint density at radius 1 is 1.60 bits per heavy atom. The molecule has 6 heteroatoms. The van der Waals surface area contributed by atoms with E-state index in [0.29, 0.717) is 13.0 Å². The Kier molecular flexibility index (Phi) is 4.05. The van der Waals surface area contributed by atoms with Crippen LogP contribution in [0.1, 0.15) is 19.8 Å². The van der Waals surface area contributed by atoms with Crippen molar-refractivity contribution in [1.29, 1.82) is 0 Å². The maximum atomic E-state index is 11.0. The number of primary amides is 1. The predicted octanol–water partition coefficient (Wildman–Crippen LogP) is -1.44. The highest BCUT2D eigenvalue weighted by Crippen LogP contribution is 2.19. The number of carbonyl (C=O) groups is 2. The molecule has 0 spiro atoms. The molecular formula is C9H18N4O2. The van der Waals surface area contributed by atoms with Crippen LogP contribution in [0.25, 0.3) is 0 Å². The topological polar surface area (TPSA) is 101 Å². The van der Waals surface area contributed by atoms with E-state index in [4.69, 9.17) is 11.6 Å². The smallest absolute Gasteiger partial charge is 0.235 e. The highest BCUT2D eigenvalue weighted by atomic mass is 16.2. The van der Waals surface area contributed by atoms with E-state index in [0.717, 1.165) is 13.0 Å². The zero-order valence-corrected chi connectivity index (χ0v) is 8.90. The van der Waals surface area contributed by atoms with E-state index in [9.17, 15) is 9.59 Å². The molecule has 2 unspecified atom stereocenters. The number of nitrogens with zero attached hydrogens (tertiary/aromatic N) is 1. The number of hydrogen-bond donors (Lipinski definition) is 3. The molecule has 1 fully saturated rings. The zero-order valence-electron chi connectivity index (χ0n) is 8.90. The molecule has 15 heavy (non-hydrogen) atoms. The summed E-state index contributed by atoms with van der Waals surface area (Å²) in [5.41, 5.74) is 7.32. The maximum Gasteiger partial charge on any atom is 0.235 e. The second-order valence-electron chi connectivity index (χ2n) is 4.00. The van der Waals surface area contributed by atoms with Crippen molar-refractivity contribution in [2.45, 2.75) is 25.8 Å². The second-order valence-corrected chi connectivity index (χ2v) is 4.00. The Bertz CT molecular complexity index is 256. The quantitative estimate of drug-likeness (QED) is 0.303. The lowest BCUT2D eigenvalue weighted by atomic mass is 10.1. The van der Waals surface area contributed by atoms with Crippen molar-refractivity contribution < 1.29 is 9.59 Å². The van der Waals surface area contributed by atoms with Crippen molar-refractivity contribution in [3.63, 3.8) is 0 Å². The molecule has 0 bridgehead atoms. The second kappa shape index (κ2) is 5.09. The van der Waals surface area contributed by atoms with Gasteiger partial charge < -0.3 is 5.73 Å². The minimum atomic E-state index is -0.257. The number of likely N-dealkylation sites (tertiary alicyclic amines) is 1. The summed E-state index contributed by atoms with van der Waals surface area (Å²) in [5, 5.41) is 0. The van der Waals surface area contributed by atoms with Gasteiger partial charge in [-0.15, -0.1) is 0 Å². The number of nitrogens with one attached hydrogen (secondary N) is 1.